The summed E-state index contributed by atoms with van der Waals surface area (Å²) in [6, 6.07) is 9.77. The van der Waals surface area contributed by atoms with Gasteiger partial charge in [0.25, 0.3) is 0 Å². The fraction of sp³-hybridized carbons (Fsp3) is 0.333. The van der Waals surface area contributed by atoms with E-state index in [0.29, 0.717) is 10.0 Å². The molecule has 1 atom stereocenters. The molecule has 0 amide bonds. The van der Waals surface area contributed by atoms with Gasteiger partial charge >= 0.3 is 0 Å². The van der Waals surface area contributed by atoms with Gasteiger partial charge in [-0.05, 0) is 36.2 Å². The van der Waals surface area contributed by atoms with E-state index in [1.165, 1.54) is 0 Å². The molecule has 0 bridgehead atoms. The van der Waals surface area contributed by atoms with Gasteiger partial charge in [0, 0.05) is 29.1 Å². The number of nitrogens with one attached hydrogen (secondary N) is 1. The molecule has 0 fully saturated rings. The lowest BCUT2D eigenvalue weighted by molar-refractivity contribution is 0.472. The van der Waals surface area contributed by atoms with Crippen molar-refractivity contribution in [1.82, 2.24) is 5.32 Å². The minimum Gasteiger partial charge on any atom is -0.469 e. The Labute approximate surface area is 123 Å². The van der Waals surface area contributed by atoms with E-state index in [1.807, 2.05) is 24.3 Å². The molecule has 1 aromatic carbocycles. The largest absolute Gasteiger partial charge is 0.469 e. The zero-order valence-corrected chi connectivity index (χ0v) is 12.3. The summed E-state index contributed by atoms with van der Waals surface area (Å²) < 4.78 is 5.31. The highest BCUT2D eigenvalue weighted by Gasteiger charge is 2.12. The van der Waals surface area contributed by atoms with Crippen molar-refractivity contribution < 1.29 is 4.42 Å². The molecule has 1 heterocycles. The van der Waals surface area contributed by atoms with Crippen LogP contribution in [0.2, 0.25) is 10.0 Å². The van der Waals surface area contributed by atoms with Crippen LogP contribution in [0.3, 0.4) is 0 Å². The highest BCUT2D eigenvalue weighted by atomic mass is 35.5. The maximum Gasteiger partial charge on any atom is 0.105 e. The molecule has 2 rings (SSSR count). The van der Waals surface area contributed by atoms with Gasteiger partial charge in [-0.1, -0.05) is 36.2 Å². The monoisotopic (exact) mass is 297 g/mol. The molecule has 4 heteroatoms. The molecule has 1 N–H and O–H groups in total. The molecule has 2 aromatic rings. The second-order valence-electron chi connectivity index (χ2n) is 4.41. The lowest BCUT2D eigenvalue weighted by atomic mass is 10.0. The third-order valence-corrected chi connectivity index (χ3v) is 3.65. The second-order valence-corrected chi connectivity index (χ2v) is 5.25. The molecule has 2 nitrogen and oxygen atoms in total. The van der Waals surface area contributed by atoms with Gasteiger partial charge in [0.05, 0.1) is 6.26 Å². The van der Waals surface area contributed by atoms with Crippen LogP contribution in [0.1, 0.15) is 30.7 Å². The van der Waals surface area contributed by atoms with Crippen molar-refractivity contribution in [3.63, 3.8) is 0 Å². The smallest absolute Gasteiger partial charge is 0.105 e. The van der Waals surface area contributed by atoms with Crippen molar-refractivity contribution in [2.24, 2.45) is 0 Å². The quantitative estimate of drug-likeness (QED) is 0.823. The van der Waals surface area contributed by atoms with Crippen molar-refractivity contribution in [2.75, 3.05) is 6.54 Å². The standard InChI is InChI=1S/C15H17Cl2NO/c1-2-15(13-6-5-11(16)10-14(13)17)18-8-7-12-4-3-9-19-12/h3-6,9-10,15,18H,2,7-8H2,1H3. The fourth-order valence-electron chi connectivity index (χ4n) is 2.08. The predicted molar refractivity (Wildman–Crippen MR) is 79.9 cm³/mol. The highest BCUT2D eigenvalue weighted by molar-refractivity contribution is 6.35. The van der Waals surface area contributed by atoms with Crippen LogP contribution in [0.15, 0.2) is 41.0 Å². The Balaban J connectivity index is 1.95. The summed E-state index contributed by atoms with van der Waals surface area (Å²) >= 11 is 12.2. The van der Waals surface area contributed by atoms with Crippen molar-refractivity contribution >= 4 is 23.2 Å². The molecule has 1 unspecified atom stereocenters. The lowest BCUT2D eigenvalue weighted by Gasteiger charge is -2.18. The SMILES string of the molecule is CCC(NCCc1ccco1)c1ccc(Cl)cc1Cl. The summed E-state index contributed by atoms with van der Waals surface area (Å²) in [6.07, 6.45) is 3.54. The molecule has 0 aliphatic rings. The molecule has 102 valence electrons. The summed E-state index contributed by atoms with van der Waals surface area (Å²) in [5, 5.41) is 4.88. The maximum absolute atomic E-state index is 6.24. The first-order chi connectivity index (χ1) is 9.20. The normalized spacial score (nSPS) is 12.6. The number of halogens is 2. The van der Waals surface area contributed by atoms with E-state index < -0.39 is 0 Å². The summed E-state index contributed by atoms with van der Waals surface area (Å²) in [6.45, 7) is 2.99. The van der Waals surface area contributed by atoms with E-state index in [-0.39, 0.29) is 6.04 Å². The van der Waals surface area contributed by atoms with Gasteiger partial charge in [0.1, 0.15) is 5.76 Å². The minimum atomic E-state index is 0.236. The topological polar surface area (TPSA) is 25.2 Å². The van der Waals surface area contributed by atoms with Gasteiger partial charge < -0.3 is 9.73 Å². The highest BCUT2D eigenvalue weighted by Crippen LogP contribution is 2.27. The first kappa shape index (κ1) is 14.4. The molecule has 0 spiro atoms. The van der Waals surface area contributed by atoms with E-state index in [9.17, 15) is 0 Å². The van der Waals surface area contributed by atoms with Gasteiger partial charge in [-0.25, -0.2) is 0 Å². The second kappa shape index (κ2) is 6.99. The van der Waals surface area contributed by atoms with Crippen LogP contribution in [0.5, 0.6) is 0 Å². The van der Waals surface area contributed by atoms with Crippen molar-refractivity contribution in [3.8, 4) is 0 Å². The molecule has 0 aliphatic heterocycles. The zero-order valence-electron chi connectivity index (χ0n) is 10.8. The third-order valence-electron chi connectivity index (χ3n) is 3.09. The minimum absolute atomic E-state index is 0.236. The molecular formula is C15H17Cl2NO. The van der Waals surface area contributed by atoms with Crippen LogP contribution in [-0.2, 0) is 6.42 Å². The Morgan fingerprint density at radius 1 is 1.26 bits per heavy atom. The summed E-state index contributed by atoms with van der Waals surface area (Å²) in [4.78, 5) is 0. The Morgan fingerprint density at radius 3 is 2.74 bits per heavy atom. The van der Waals surface area contributed by atoms with Crippen LogP contribution < -0.4 is 5.32 Å². The molecule has 0 aliphatic carbocycles. The number of rotatable bonds is 6. The third kappa shape index (κ3) is 4.00. The molecule has 19 heavy (non-hydrogen) atoms. The number of furan rings is 1. The van der Waals surface area contributed by atoms with E-state index in [0.717, 1.165) is 30.7 Å². The molecule has 0 saturated carbocycles. The van der Waals surface area contributed by atoms with Gasteiger partial charge in [-0.15, -0.1) is 0 Å². The van der Waals surface area contributed by atoms with Crippen molar-refractivity contribution in [1.29, 1.82) is 0 Å². The molecular weight excluding hydrogens is 281 g/mol. The van der Waals surface area contributed by atoms with Crippen molar-refractivity contribution in [3.05, 3.63) is 58.0 Å². The first-order valence-electron chi connectivity index (χ1n) is 6.41. The van der Waals surface area contributed by atoms with Crippen LogP contribution in [0.25, 0.3) is 0 Å². The number of benzene rings is 1. The van der Waals surface area contributed by atoms with Crippen LogP contribution in [0, 0.1) is 0 Å². The fourth-order valence-corrected chi connectivity index (χ4v) is 2.62. The average Bonchev–Trinajstić information content (AvgIpc) is 2.89. The predicted octanol–water partition coefficient (Wildman–Crippen LogP) is 4.87. The number of hydrogen-bond acceptors (Lipinski definition) is 2. The lowest BCUT2D eigenvalue weighted by Crippen LogP contribution is -2.23. The summed E-state index contributed by atoms with van der Waals surface area (Å²) in [5.74, 6) is 0.990. The Morgan fingerprint density at radius 2 is 2.11 bits per heavy atom. The van der Waals surface area contributed by atoms with Gasteiger partial charge in [-0.3, -0.25) is 0 Å². The van der Waals surface area contributed by atoms with Crippen LogP contribution in [0.4, 0.5) is 0 Å². The first-order valence-corrected chi connectivity index (χ1v) is 7.17. The summed E-state index contributed by atoms with van der Waals surface area (Å²) in [5.41, 5.74) is 1.09. The maximum atomic E-state index is 6.24. The van der Waals surface area contributed by atoms with E-state index >= 15 is 0 Å². The zero-order chi connectivity index (χ0) is 13.7. The molecule has 0 saturated heterocycles. The van der Waals surface area contributed by atoms with E-state index in [4.69, 9.17) is 27.6 Å². The Kier molecular flexibility index (Phi) is 5.32. The van der Waals surface area contributed by atoms with Gasteiger partial charge in [-0.2, -0.15) is 0 Å². The van der Waals surface area contributed by atoms with Gasteiger partial charge in [0.2, 0.25) is 0 Å². The Bertz CT molecular complexity index is 511. The summed E-state index contributed by atoms with van der Waals surface area (Å²) in [7, 11) is 0. The molecule has 0 radical (unpaired) electrons. The number of hydrogen-bond donors (Lipinski definition) is 1. The van der Waals surface area contributed by atoms with Crippen LogP contribution in [-0.4, -0.2) is 6.54 Å². The van der Waals surface area contributed by atoms with Crippen LogP contribution >= 0.6 is 23.2 Å². The Hall–Kier alpha value is -0.960. The molecule has 1 aromatic heterocycles. The van der Waals surface area contributed by atoms with E-state index in [2.05, 4.69) is 12.2 Å². The van der Waals surface area contributed by atoms with E-state index in [1.54, 1.807) is 12.3 Å². The van der Waals surface area contributed by atoms with Gasteiger partial charge in [0.15, 0.2) is 0 Å². The average molecular weight is 298 g/mol. The van der Waals surface area contributed by atoms with Crippen molar-refractivity contribution in [2.45, 2.75) is 25.8 Å².